The van der Waals surface area contributed by atoms with Crippen LogP contribution in [0.1, 0.15) is 12.6 Å². The van der Waals surface area contributed by atoms with Crippen molar-refractivity contribution in [1.29, 1.82) is 0 Å². The number of nitrogens with zero attached hydrogens (tertiary/aromatic N) is 2. The van der Waals surface area contributed by atoms with Crippen molar-refractivity contribution >= 4 is 5.82 Å². The lowest BCUT2D eigenvalue weighted by atomic mass is 10.3. The van der Waals surface area contributed by atoms with Gasteiger partial charge in [0.2, 0.25) is 0 Å². The van der Waals surface area contributed by atoms with Crippen molar-refractivity contribution in [3.05, 3.63) is 23.9 Å². The molecule has 1 heterocycles. The van der Waals surface area contributed by atoms with Crippen molar-refractivity contribution in [2.45, 2.75) is 19.9 Å². The number of pyridine rings is 1. The highest BCUT2D eigenvalue weighted by atomic mass is 19.3. The lowest BCUT2D eigenvalue weighted by molar-refractivity contribution is 0.0741. The number of alkyl halides is 2. The van der Waals surface area contributed by atoms with Crippen molar-refractivity contribution in [2.24, 2.45) is 0 Å². The van der Waals surface area contributed by atoms with Crippen LogP contribution in [0, 0.1) is 0 Å². The summed E-state index contributed by atoms with van der Waals surface area (Å²) in [4.78, 5) is 5.80. The van der Waals surface area contributed by atoms with Crippen LogP contribution in [-0.4, -0.2) is 47.7 Å². The summed E-state index contributed by atoms with van der Waals surface area (Å²) in [5.74, 6) is 0.732. The molecular weight excluding hydrogens is 240 g/mol. The van der Waals surface area contributed by atoms with E-state index in [1.807, 2.05) is 19.1 Å². The topological polar surface area (TPSA) is 48.4 Å². The van der Waals surface area contributed by atoms with Crippen molar-refractivity contribution in [2.75, 3.05) is 31.6 Å². The molecule has 2 N–H and O–H groups in total. The van der Waals surface area contributed by atoms with Crippen LogP contribution in [0.2, 0.25) is 0 Å². The molecule has 0 spiro atoms. The second kappa shape index (κ2) is 7.94. The number of aromatic nitrogens is 1. The van der Waals surface area contributed by atoms with Gasteiger partial charge < -0.3 is 10.4 Å². The zero-order valence-corrected chi connectivity index (χ0v) is 10.4. The third-order valence-electron chi connectivity index (χ3n) is 2.36. The molecule has 1 aromatic rings. The Hall–Kier alpha value is -1.27. The molecule has 0 unspecified atom stereocenters. The molecule has 0 aliphatic rings. The largest absolute Gasteiger partial charge is 0.395 e. The van der Waals surface area contributed by atoms with Crippen LogP contribution in [0.5, 0.6) is 0 Å². The zero-order valence-electron chi connectivity index (χ0n) is 10.4. The summed E-state index contributed by atoms with van der Waals surface area (Å²) in [7, 11) is 0. The molecule has 18 heavy (non-hydrogen) atoms. The summed E-state index contributed by atoms with van der Waals surface area (Å²) in [6.07, 6.45) is -2.41. The number of hydrogen-bond acceptors (Lipinski definition) is 4. The molecule has 1 aromatic heterocycles. The maximum atomic E-state index is 12.4. The first-order chi connectivity index (χ1) is 8.65. The number of hydrogen-bond donors (Lipinski definition) is 2. The van der Waals surface area contributed by atoms with Gasteiger partial charge >= 0.3 is 0 Å². The van der Waals surface area contributed by atoms with Gasteiger partial charge in [0.25, 0.3) is 6.43 Å². The smallest absolute Gasteiger partial charge is 0.251 e. The first-order valence-electron chi connectivity index (χ1n) is 5.97. The molecule has 4 nitrogen and oxygen atoms in total. The molecule has 0 bridgehead atoms. The van der Waals surface area contributed by atoms with E-state index in [1.165, 1.54) is 4.90 Å². The van der Waals surface area contributed by atoms with Crippen molar-refractivity contribution in [3.63, 3.8) is 0 Å². The number of rotatable bonds is 8. The van der Waals surface area contributed by atoms with Crippen molar-refractivity contribution < 1.29 is 13.9 Å². The Morgan fingerprint density at radius 3 is 2.83 bits per heavy atom. The van der Waals surface area contributed by atoms with E-state index in [0.717, 1.165) is 12.4 Å². The average Bonchev–Trinajstić information content (AvgIpc) is 2.29. The Morgan fingerprint density at radius 1 is 1.44 bits per heavy atom. The summed E-state index contributed by atoms with van der Waals surface area (Å²) < 4.78 is 24.7. The Kier molecular flexibility index (Phi) is 6.53. The van der Waals surface area contributed by atoms with E-state index < -0.39 is 6.43 Å². The minimum atomic E-state index is -2.41. The van der Waals surface area contributed by atoms with Crippen molar-refractivity contribution in [1.82, 2.24) is 9.88 Å². The highest BCUT2D eigenvalue weighted by Gasteiger charge is 2.12. The molecule has 0 fully saturated rings. The van der Waals surface area contributed by atoms with Gasteiger partial charge in [-0.05, 0) is 19.1 Å². The number of aliphatic hydroxyl groups is 1. The van der Waals surface area contributed by atoms with Crippen LogP contribution in [0.15, 0.2) is 18.2 Å². The number of nitrogens with one attached hydrogen (secondary N) is 1. The summed E-state index contributed by atoms with van der Waals surface area (Å²) in [5, 5.41) is 11.9. The predicted molar refractivity (Wildman–Crippen MR) is 66.8 cm³/mol. The fraction of sp³-hybridized carbons (Fsp3) is 0.583. The number of halogens is 2. The van der Waals surface area contributed by atoms with Crippen LogP contribution < -0.4 is 5.32 Å². The maximum absolute atomic E-state index is 12.4. The second-order valence-electron chi connectivity index (χ2n) is 3.89. The molecule has 0 aromatic carbocycles. The third kappa shape index (κ3) is 5.37. The fourth-order valence-electron chi connectivity index (χ4n) is 1.65. The second-order valence-corrected chi connectivity index (χ2v) is 3.89. The molecule has 0 amide bonds. The summed E-state index contributed by atoms with van der Waals surface area (Å²) in [6, 6.07) is 5.45. The van der Waals surface area contributed by atoms with Gasteiger partial charge in [0.15, 0.2) is 0 Å². The Morgan fingerprint density at radius 2 is 2.22 bits per heavy atom. The molecule has 0 radical (unpaired) electrons. The molecule has 0 aliphatic carbocycles. The van der Waals surface area contributed by atoms with E-state index in [-0.39, 0.29) is 19.7 Å². The van der Waals surface area contributed by atoms with Gasteiger partial charge in [0, 0.05) is 19.6 Å². The number of anilines is 1. The molecule has 0 aliphatic heterocycles. The Balaban J connectivity index is 2.64. The molecule has 0 atom stereocenters. The lowest BCUT2D eigenvalue weighted by Crippen LogP contribution is -2.31. The summed E-state index contributed by atoms with van der Waals surface area (Å²) >= 11 is 0. The number of aliphatic hydroxyl groups excluding tert-OH is 1. The quantitative estimate of drug-likeness (QED) is 0.744. The van der Waals surface area contributed by atoms with Gasteiger partial charge in [-0.15, -0.1) is 0 Å². The maximum Gasteiger partial charge on any atom is 0.251 e. The van der Waals surface area contributed by atoms with Crippen LogP contribution in [0.4, 0.5) is 14.6 Å². The monoisotopic (exact) mass is 259 g/mol. The summed E-state index contributed by atoms with van der Waals surface area (Å²) in [5.41, 5.74) is 0.711. The van der Waals surface area contributed by atoms with Gasteiger partial charge in [-0.1, -0.05) is 6.07 Å². The lowest BCUT2D eigenvalue weighted by Gasteiger charge is -2.20. The zero-order chi connectivity index (χ0) is 13.4. The molecule has 102 valence electrons. The minimum absolute atomic E-state index is 0.139. The SMILES string of the molecule is CCNc1cccc(CN(CCO)CC(F)F)n1. The average molecular weight is 259 g/mol. The van der Waals surface area contributed by atoms with E-state index in [2.05, 4.69) is 10.3 Å². The Labute approximate surface area is 106 Å². The molecule has 0 saturated carbocycles. The fourth-order valence-corrected chi connectivity index (χ4v) is 1.65. The van der Waals surface area contributed by atoms with Crippen LogP contribution in [-0.2, 0) is 6.54 Å². The highest BCUT2D eigenvalue weighted by molar-refractivity contribution is 5.34. The van der Waals surface area contributed by atoms with Crippen LogP contribution >= 0.6 is 0 Å². The summed E-state index contributed by atoms with van der Waals surface area (Å²) in [6.45, 7) is 2.76. The first kappa shape index (κ1) is 14.8. The van der Waals surface area contributed by atoms with E-state index >= 15 is 0 Å². The molecular formula is C12H19F2N3O. The standard InChI is InChI=1S/C12H19F2N3O/c1-2-15-12-5-3-4-10(16-12)8-17(6-7-18)9-11(13)14/h3-5,11,18H,2,6-9H2,1H3,(H,15,16). The van der Waals surface area contributed by atoms with Crippen LogP contribution in [0.25, 0.3) is 0 Å². The first-order valence-corrected chi connectivity index (χ1v) is 5.97. The van der Waals surface area contributed by atoms with E-state index in [9.17, 15) is 8.78 Å². The third-order valence-corrected chi connectivity index (χ3v) is 2.36. The molecule has 0 saturated heterocycles. The van der Waals surface area contributed by atoms with E-state index in [0.29, 0.717) is 12.2 Å². The van der Waals surface area contributed by atoms with E-state index in [4.69, 9.17) is 5.11 Å². The minimum Gasteiger partial charge on any atom is -0.395 e. The van der Waals surface area contributed by atoms with E-state index in [1.54, 1.807) is 6.07 Å². The Bertz CT molecular complexity index is 350. The van der Waals surface area contributed by atoms with Crippen LogP contribution in [0.3, 0.4) is 0 Å². The molecule has 1 rings (SSSR count). The predicted octanol–water partition coefficient (Wildman–Crippen LogP) is 1.57. The normalized spacial score (nSPS) is 11.2. The van der Waals surface area contributed by atoms with Gasteiger partial charge in [-0.25, -0.2) is 13.8 Å². The molecule has 6 heteroatoms. The van der Waals surface area contributed by atoms with Gasteiger partial charge in [-0.3, -0.25) is 4.90 Å². The van der Waals surface area contributed by atoms with Gasteiger partial charge in [0.1, 0.15) is 5.82 Å². The van der Waals surface area contributed by atoms with Crippen molar-refractivity contribution in [3.8, 4) is 0 Å². The highest BCUT2D eigenvalue weighted by Crippen LogP contribution is 2.08. The van der Waals surface area contributed by atoms with Gasteiger partial charge in [-0.2, -0.15) is 0 Å². The van der Waals surface area contributed by atoms with Gasteiger partial charge in [0.05, 0.1) is 18.8 Å².